The third kappa shape index (κ3) is 2.59. The Hall–Kier alpha value is -2.43. The smallest absolute Gasteiger partial charge is 0.246 e. The Bertz CT molecular complexity index is 658. The maximum atomic E-state index is 12.5. The topological polar surface area (TPSA) is 61.3 Å². The van der Waals surface area contributed by atoms with E-state index in [4.69, 9.17) is 9.47 Å². The lowest BCUT2D eigenvalue weighted by Gasteiger charge is -2.07. The van der Waals surface area contributed by atoms with Crippen LogP contribution in [0.3, 0.4) is 0 Å². The summed E-state index contributed by atoms with van der Waals surface area (Å²) in [5.74, 6) is 0.768. The van der Waals surface area contributed by atoms with Crippen molar-refractivity contribution < 1.29 is 14.3 Å². The van der Waals surface area contributed by atoms with Crippen LogP contribution in [0.5, 0.6) is 11.8 Å². The van der Waals surface area contributed by atoms with Crippen molar-refractivity contribution in [2.24, 2.45) is 5.92 Å². The van der Waals surface area contributed by atoms with E-state index in [0.717, 1.165) is 6.42 Å². The van der Waals surface area contributed by atoms with Gasteiger partial charge in [0.1, 0.15) is 0 Å². The molecule has 1 aromatic carbocycles. The van der Waals surface area contributed by atoms with Crippen LogP contribution in [0.15, 0.2) is 36.5 Å². The molecule has 1 aromatic heterocycles. The van der Waals surface area contributed by atoms with Crippen LogP contribution >= 0.6 is 0 Å². The van der Waals surface area contributed by atoms with E-state index < -0.39 is 0 Å². The zero-order valence-corrected chi connectivity index (χ0v) is 11.9. The van der Waals surface area contributed by atoms with Gasteiger partial charge in [0.05, 0.1) is 20.4 Å². The van der Waals surface area contributed by atoms with E-state index in [1.165, 1.54) is 26.0 Å². The highest BCUT2D eigenvalue weighted by Gasteiger charge is 2.45. The van der Waals surface area contributed by atoms with Gasteiger partial charge in [-0.15, -0.1) is 0 Å². The molecule has 1 fully saturated rings. The SMILES string of the molecule is COc1cnc(C(=O)C2CC2c2ccccc2)c(OC)n1. The lowest BCUT2D eigenvalue weighted by atomic mass is 10.1. The van der Waals surface area contributed by atoms with Crippen molar-refractivity contribution in [2.75, 3.05) is 14.2 Å². The quantitative estimate of drug-likeness (QED) is 0.789. The molecule has 0 radical (unpaired) electrons. The molecule has 5 nitrogen and oxygen atoms in total. The van der Waals surface area contributed by atoms with Gasteiger partial charge in [-0.1, -0.05) is 30.3 Å². The van der Waals surface area contributed by atoms with Gasteiger partial charge in [-0.3, -0.25) is 4.79 Å². The second kappa shape index (κ2) is 5.52. The van der Waals surface area contributed by atoms with Crippen molar-refractivity contribution in [1.29, 1.82) is 0 Å². The fourth-order valence-corrected chi connectivity index (χ4v) is 2.50. The molecule has 0 bridgehead atoms. The van der Waals surface area contributed by atoms with Crippen LogP contribution in [0.1, 0.15) is 28.4 Å². The highest BCUT2D eigenvalue weighted by molar-refractivity contribution is 6.00. The first-order valence-electron chi connectivity index (χ1n) is 6.78. The van der Waals surface area contributed by atoms with Gasteiger partial charge in [0, 0.05) is 5.92 Å². The number of hydrogen-bond acceptors (Lipinski definition) is 5. The maximum absolute atomic E-state index is 12.5. The van der Waals surface area contributed by atoms with Crippen LogP contribution in [0.25, 0.3) is 0 Å². The minimum atomic E-state index is -0.0380. The van der Waals surface area contributed by atoms with E-state index in [-0.39, 0.29) is 29.2 Å². The minimum Gasteiger partial charge on any atom is -0.480 e. The molecule has 0 aliphatic heterocycles. The van der Waals surface area contributed by atoms with E-state index in [0.29, 0.717) is 5.88 Å². The zero-order valence-electron chi connectivity index (χ0n) is 11.9. The Kier molecular flexibility index (Phi) is 3.56. The molecule has 21 heavy (non-hydrogen) atoms. The number of carbonyl (C=O) groups excluding carboxylic acids is 1. The molecule has 2 atom stereocenters. The second-order valence-electron chi connectivity index (χ2n) is 4.99. The summed E-state index contributed by atoms with van der Waals surface area (Å²) in [6, 6.07) is 10.1. The molecule has 1 heterocycles. The summed E-state index contributed by atoms with van der Waals surface area (Å²) in [6.45, 7) is 0. The predicted molar refractivity (Wildman–Crippen MR) is 76.8 cm³/mol. The number of ketones is 1. The summed E-state index contributed by atoms with van der Waals surface area (Å²) < 4.78 is 10.1. The van der Waals surface area contributed by atoms with Crippen LogP contribution in [0, 0.1) is 5.92 Å². The molecule has 1 aliphatic rings. The van der Waals surface area contributed by atoms with E-state index in [9.17, 15) is 4.79 Å². The van der Waals surface area contributed by atoms with Crippen molar-refractivity contribution in [3.63, 3.8) is 0 Å². The average molecular weight is 284 g/mol. The summed E-state index contributed by atoms with van der Waals surface area (Å²) in [5.41, 5.74) is 1.47. The third-order valence-electron chi connectivity index (χ3n) is 3.71. The zero-order chi connectivity index (χ0) is 14.8. The Labute approximate surface area is 123 Å². The van der Waals surface area contributed by atoms with Gasteiger partial charge in [0.15, 0.2) is 11.5 Å². The average Bonchev–Trinajstić information content (AvgIpc) is 3.35. The lowest BCUT2D eigenvalue weighted by molar-refractivity contribution is 0.0956. The summed E-state index contributed by atoms with van der Waals surface area (Å²) in [7, 11) is 2.97. The fraction of sp³-hybridized carbons (Fsp3) is 0.312. The maximum Gasteiger partial charge on any atom is 0.246 e. The van der Waals surface area contributed by atoms with Crippen molar-refractivity contribution in [2.45, 2.75) is 12.3 Å². The summed E-state index contributed by atoms with van der Waals surface area (Å²) in [4.78, 5) is 20.8. The molecule has 0 N–H and O–H groups in total. The van der Waals surface area contributed by atoms with Crippen molar-refractivity contribution in [3.05, 3.63) is 47.8 Å². The second-order valence-corrected chi connectivity index (χ2v) is 4.99. The van der Waals surface area contributed by atoms with Crippen LogP contribution in [-0.2, 0) is 0 Å². The van der Waals surface area contributed by atoms with Gasteiger partial charge in [0.2, 0.25) is 11.8 Å². The molecule has 108 valence electrons. The number of Topliss-reactive ketones (excluding diaryl/α,β-unsaturated/α-hetero) is 1. The van der Waals surface area contributed by atoms with Gasteiger partial charge in [-0.05, 0) is 17.9 Å². The van der Waals surface area contributed by atoms with Gasteiger partial charge >= 0.3 is 0 Å². The Morgan fingerprint density at radius 3 is 2.62 bits per heavy atom. The predicted octanol–water partition coefficient (Wildman–Crippen LogP) is 2.48. The van der Waals surface area contributed by atoms with Crippen molar-refractivity contribution >= 4 is 5.78 Å². The molecule has 2 unspecified atom stereocenters. The van der Waals surface area contributed by atoms with Gasteiger partial charge < -0.3 is 9.47 Å². The first-order valence-corrected chi connectivity index (χ1v) is 6.78. The number of aromatic nitrogens is 2. The molecule has 0 saturated heterocycles. The number of rotatable bonds is 5. The van der Waals surface area contributed by atoms with E-state index >= 15 is 0 Å². The summed E-state index contributed by atoms with van der Waals surface area (Å²) in [5, 5.41) is 0. The molecule has 1 aliphatic carbocycles. The van der Waals surface area contributed by atoms with Crippen LogP contribution < -0.4 is 9.47 Å². The van der Waals surface area contributed by atoms with Crippen LogP contribution in [-0.4, -0.2) is 30.0 Å². The van der Waals surface area contributed by atoms with Crippen LogP contribution in [0.4, 0.5) is 0 Å². The van der Waals surface area contributed by atoms with E-state index in [1.807, 2.05) is 18.2 Å². The number of nitrogens with zero attached hydrogens (tertiary/aromatic N) is 2. The molecule has 0 spiro atoms. The van der Waals surface area contributed by atoms with E-state index in [2.05, 4.69) is 22.1 Å². The van der Waals surface area contributed by atoms with Gasteiger partial charge in [0.25, 0.3) is 0 Å². The number of ether oxygens (including phenoxy) is 2. The van der Waals surface area contributed by atoms with E-state index in [1.54, 1.807) is 0 Å². The number of hydrogen-bond donors (Lipinski definition) is 0. The third-order valence-corrected chi connectivity index (χ3v) is 3.71. The molecule has 0 amide bonds. The largest absolute Gasteiger partial charge is 0.480 e. The molecule has 3 rings (SSSR count). The summed E-state index contributed by atoms with van der Waals surface area (Å²) >= 11 is 0. The molecule has 5 heteroatoms. The van der Waals surface area contributed by atoms with Gasteiger partial charge in [-0.25, -0.2) is 4.98 Å². The number of methoxy groups -OCH3 is 2. The Balaban J connectivity index is 1.81. The highest BCUT2D eigenvalue weighted by Crippen LogP contribution is 2.49. The Morgan fingerprint density at radius 1 is 1.19 bits per heavy atom. The minimum absolute atomic E-state index is 0.0177. The molecular formula is C16H16N2O3. The number of carbonyl (C=O) groups is 1. The standard InChI is InChI=1S/C16H16N2O3/c1-20-13-9-17-14(16(18-13)21-2)15(19)12-8-11(12)10-6-4-3-5-7-10/h3-7,9,11-12H,8H2,1-2H3. The monoisotopic (exact) mass is 284 g/mol. The first-order chi connectivity index (χ1) is 10.2. The summed E-state index contributed by atoms with van der Waals surface area (Å²) in [6.07, 6.45) is 2.29. The lowest BCUT2D eigenvalue weighted by Crippen LogP contribution is -2.10. The van der Waals surface area contributed by atoms with Crippen molar-refractivity contribution in [3.8, 4) is 11.8 Å². The first kappa shape index (κ1) is 13.5. The molecule has 1 saturated carbocycles. The van der Waals surface area contributed by atoms with Crippen molar-refractivity contribution in [1.82, 2.24) is 9.97 Å². The molecular weight excluding hydrogens is 268 g/mol. The molecule has 2 aromatic rings. The highest BCUT2D eigenvalue weighted by atomic mass is 16.5. The Morgan fingerprint density at radius 2 is 1.95 bits per heavy atom. The fourth-order valence-electron chi connectivity index (χ4n) is 2.50. The van der Waals surface area contributed by atoms with Gasteiger partial charge in [-0.2, -0.15) is 4.98 Å². The van der Waals surface area contributed by atoms with Crippen LogP contribution in [0.2, 0.25) is 0 Å². The number of benzene rings is 1. The normalized spacial score (nSPS) is 19.9.